The van der Waals surface area contributed by atoms with Gasteiger partial charge in [0, 0.05) is 11.8 Å². The molecule has 2 aromatic rings. The van der Waals surface area contributed by atoms with Gasteiger partial charge in [-0.3, -0.25) is 4.72 Å². The zero-order valence-electron chi connectivity index (χ0n) is 11.6. The van der Waals surface area contributed by atoms with Crippen LogP contribution in [0.1, 0.15) is 5.56 Å². The van der Waals surface area contributed by atoms with E-state index < -0.39 is 15.8 Å². The fourth-order valence-electron chi connectivity index (χ4n) is 1.81. The Labute approximate surface area is 122 Å². The number of hydrogen-bond acceptors (Lipinski definition) is 4. The molecule has 2 rings (SSSR count). The van der Waals surface area contributed by atoms with E-state index in [-0.39, 0.29) is 16.3 Å². The van der Waals surface area contributed by atoms with E-state index in [1.807, 2.05) is 0 Å². The van der Waals surface area contributed by atoms with Gasteiger partial charge in [-0.2, -0.15) is 0 Å². The number of nitrogens with two attached hydrogens (primary N) is 1. The Bertz CT molecular complexity index is 776. The Hall–Kier alpha value is -2.28. The van der Waals surface area contributed by atoms with Gasteiger partial charge in [0.05, 0.1) is 12.8 Å². The standard InChI is InChI=1S/C14H15FN2O3S/c1-9-3-4-10(15)7-12(9)17-21(18,19)14-6-5-11(16)8-13(14)20-2/h3-8,17H,16H2,1-2H3. The number of rotatable bonds is 4. The lowest BCUT2D eigenvalue weighted by atomic mass is 10.2. The molecular formula is C14H15FN2O3S. The fraction of sp³-hybridized carbons (Fsp3) is 0.143. The molecule has 0 spiro atoms. The number of nitrogens with one attached hydrogen (secondary N) is 1. The molecular weight excluding hydrogens is 295 g/mol. The van der Waals surface area contributed by atoms with Crippen LogP contribution in [0.4, 0.5) is 15.8 Å². The minimum absolute atomic E-state index is 0.0668. The minimum atomic E-state index is -3.91. The summed E-state index contributed by atoms with van der Waals surface area (Å²) >= 11 is 0. The highest BCUT2D eigenvalue weighted by atomic mass is 32.2. The molecule has 21 heavy (non-hydrogen) atoms. The van der Waals surface area contributed by atoms with Crippen LogP contribution in [-0.2, 0) is 10.0 Å². The van der Waals surface area contributed by atoms with Crippen LogP contribution < -0.4 is 15.2 Å². The number of sulfonamides is 1. The lowest BCUT2D eigenvalue weighted by Crippen LogP contribution is -2.15. The van der Waals surface area contributed by atoms with Gasteiger partial charge < -0.3 is 10.5 Å². The number of halogens is 1. The summed E-state index contributed by atoms with van der Waals surface area (Å²) < 4.78 is 45.4. The molecule has 0 fully saturated rings. The molecule has 0 aliphatic carbocycles. The molecule has 5 nitrogen and oxygen atoms in total. The van der Waals surface area contributed by atoms with Crippen molar-refractivity contribution in [3.8, 4) is 5.75 Å². The van der Waals surface area contributed by atoms with E-state index in [2.05, 4.69) is 4.72 Å². The highest BCUT2D eigenvalue weighted by Gasteiger charge is 2.20. The monoisotopic (exact) mass is 310 g/mol. The van der Waals surface area contributed by atoms with Gasteiger partial charge in [0.1, 0.15) is 16.5 Å². The smallest absolute Gasteiger partial charge is 0.265 e. The Kier molecular flexibility index (Phi) is 4.04. The van der Waals surface area contributed by atoms with Gasteiger partial charge in [0.25, 0.3) is 10.0 Å². The molecule has 0 heterocycles. The highest BCUT2D eigenvalue weighted by molar-refractivity contribution is 7.92. The van der Waals surface area contributed by atoms with Gasteiger partial charge in [-0.1, -0.05) is 6.07 Å². The predicted octanol–water partition coefficient (Wildman–Crippen LogP) is 2.53. The number of nitrogen functional groups attached to an aromatic ring is 1. The zero-order chi connectivity index (χ0) is 15.6. The molecule has 0 saturated heterocycles. The van der Waals surface area contributed by atoms with Gasteiger partial charge in [-0.15, -0.1) is 0 Å². The Morgan fingerprint density at radius 1 is 1.19 bits per heavy atom. The van der Waals surface area contributed by atoms with Gasteiger partial charge in [0.15, 0.2) is 0 Å². The normalized spacial score (nSPS) is 11.2. The quantitative estimate of drug-likeness (QED) is 0.850. The number of methoxy groups -OCH3 is 1. The van der Waals surface area contributed by atoms with Crippen LogP contribution in [0.3, 0.4) is 0 Å². The molecule has 0 aliphatic heterocycles. The maximum absolute atomic E-state index is 13.2. The van der Waals surface area contributed by atoms with Crippen molar-refractivity contribution in [2.75, 3.05) is 17.6 Å². The van der Waals surface area contributed by atoms with Crippen molar-refractivity contribution in [1.82, 2.24) is 0 Å². The second-order valence-electron chi connectivity index (χ2n) is 4.48. The second-order valence-corrected chi connectivity index (χ2v) is 6.13. The van der Waals surface area contributed by atoms with Gasteiger partial charge >= 0.3 is 0 Å². The van der Waals surface area contributed by atoms with Crippen molar-refractivity contribution >= 4 is 21.4 Å². The first-order valence-corrected chi connectivity index (χ1v) is 7.54. The molecule has 0 amide bonds. The first-order chi connectivity index (χ1) is 9.83. The Balaban J connectivity index is 2.46. The van der Waals surface area contributed by atoms with E-state index in [1.54, 1.807) is 6.92 Å². The van der Waals surface area contributed by atoms with Crippen LogP contribution in [0.5, 0.6) is 5.75 Å². The molecule has 0 bridgehead atoms. The number of aryl methyl sites for hydroxylation is 1. The Morgan fingerprint density at radius 2 is 1.90 bits per heavy atom. The molecule has 112 valence electrons. The average molecular weight is 310 g/mol. The molecule has 0 atom stereocenters. The number of benzene rings is 2. The van der Waals surface area contributed by atoms with E-state index in [1.165, 1.54) is 37.4 Å². The van der Waals surface area contributed by atoms with Crippen molar-refractivity contribution in [2.45, 2.75) is 11.8 Å². The maximum atomic E-state index is 13.2. The largest absolute Gasteiger partial charge is 0.495 e. The van der Waals surface area contributed by atoms with Crippen molar-refractivity contribution in [3.63, 3.8) is 0 Å². The van der Waals surface area contributed by atoms with E-state index in [0.717, 1.165) is 6.07 Å². The van der Waals surface area contributed by atoms with Gasteiger partial charge in [0.2, 0.25) is 0 Å². The summed E-state index contributed by atoms with van der Waals surface area (Å²) in [6.45, 7) is 1.68. The molecule has 3 N–H and O–H groups in total. The molecule has 0 saturated carbocycles. The van der Waals surface area contributed by atoms with Crippen LogP contribution in [-0.4, -0.2) is 15.5 Å². The third-order valence-corrected chi connectivity index (χ3v) is 4.33. The molecule has 0 aromatic heterocycles. The Morgan fingerprint density at radius 3 is 2.57 bits per heavy atom. The number of anilines is 2. The summed E-state index contributed by atoms with van der Waals surface area (Å²) in [4.78, 5) is -0.0668. The topological polar surface area (TPSA) is 81.4 Å². The lowest BCUT2D eigenvalue weighted by Gasteiger charge is -2.13. The van der Waals surface area contributed by atoms with Crippen LogP contribution in [0, 0.1) is 12.7 Å². The lowest BCUT2D eigenvalue weighted by molar-refractivity contribution is 0.403. The minimum Gasteiger partial charge on any atom is -0.495 e. The van der Waals surface area contributed by atoms with E-state index >= 15 is 0 Å². The van der Waals surface area contributed by atoms with Crippen molar-refractivity contribution in [1.29, 1.82) is 0 Å². The molecule has 0 unspecified atom stereocenters. The SMILES string of the molecule is COc1cc(N)ccc1S(=O)(=O)Nc1cc(F)ccc1C. The summed E-state index contributed by atoms with van der Waals surface area (Å²) in [6, 6.07) is 8.08. The summed E-state index contributed by atoms with van der Waals surface area (Å²) in [5.41, 5.74) is 6.76. The van der Waals surface area contributed by atoms with E-state index in [9.17, 15) is 12.8 Å². The highest BCUT2D eigenvalue weighted by Crippen LogP contribution is 2.28. The molecule has 0 aliphatic rings. The van der Waals surface area contributed by atoms with Gasteiger partial charge in [-0.05, 0) is 36.8 Å². The van der Waals surface area contributed by atoms with Crippen LogP contribution in [0.2, 0.25) is 0 Å². The predicted molar refractivity (Wildman–Crippen MR) is 79.4 cm³/mol. The number of ether oxygens (including phenoxy) is 1. The summed E-state index contributed by atoms with van der Waals surface area (Å²) in [7, 11) is -2.56. The molecule has 7 heteroatoms. The zero-order valence-corrected chi connectivity index (χ0v) is 12.4. The van der Waals surface area contributed by atoms with Crippen LogP contribution in [0.15, 0.2) is 41.3 Å². The first-order valence-electron chi connectivity index (χ1n) is 6.06. The molecule has 2 aromatic carbocycles. The van der Waals surface area contributed by atoms with Crippen LogP contribution in [0.25, 0.3) is 0 Å². The first kappa shape index (κ1) is 15.1. The number of hydrogen-bond donors (Lipinski definition) is 2. The fourth-order valence-corrected chi connectivity index (χ4v) is 3.08. The maximum Gasteiger partial charge on any atom is 0.265 e. The average Bonchev–Trinajstić information content (AvgIpc) is 2.42. The third kappa shape index (κ3) is 3.25. The summed E-state index contributed by atoms with van der Waals surface area (Å²) in [6.07, 6.45) is 0. The summed E-state index contributed by atoms with van der Waals surface area (Å²) in [5.74, 6) is -0.404. The summed E-state index contributed by atoms with van der Waals surface area (Å²) in [5, 5.41) is 0. The second kappa shape index (κ2) is 5.61. The van der Waals surface area contributed by atoms with Crippen molar-refractivity contribution in [3.05, 3.63) is 47.8 Å². The van der Waals surface area contributed by atoms with Gasteiger partial charge in [-0.25, -0.2) is 12.8 Å². The van der Waals surface area contributed by atoms with Crippen molar-refractivity contribution in [2.24, 2.45) is 0 Å². The molecule has 0 radical (unpaired) electrons. The van der Waals surface area contributed by atoms with E-state index in [4.69, 9.17) is 10.5 Å². The van der Waals surface area contributed by atoms with E-state index in [0.29, 0.717) is 11.3 Å². The van der Waals surface area contributed by atoms with Crippen LogP contribution >= 0.6 is 0 Å². The van der Waals surface area contributed by atoms with Crippen molar-refractivity contribution < 1.29 is 17.5 Å². The third-order valence-electron chi connectivity index (χ3n) is 2.92.